The summed E-state index contributed by atoms with van der Waals surface area (Å²) < 4.78 is 5.56. The number of benzene rings is 1. The van der Waals surface area contributed by atoms with Crippen molar-refractivity contribution < 1.29 is 14.3 Å². The minimum atomic E-state index is -0.711. The molecule has 94 valence electrons. The Balaban J connectivity index is 1.71. The summed E-state index contributed by atoms with van der Waals surface area (Å²) in [6.07, 6.45) is 2.19. The smallest absolute Gasteiger partial charge is 0.306 e. The Kier molecular flexibility index (Phi) is 2.66. The Bertz CT molecular complexity index is 545. The number of carbonyl (C=O) groups is 1. The molecule has 18 heavy (non-hydrogen) atoms. The number of anilines is 1. The molecule has 0 bridgehead atoms. The molecule has 0 saturated heterocycles. The molecule has 5 heteroatoms. The summed E-state index contributed by atoms with van der Waals surface area (Å²) in [6.45, 7) is 0. The van der Waals surface area contributed by atoms with Crippen LogP contribution in [0.25, 0.3) is 11.1 Å². The van der Waals surface area contributed by atoms with Crippen LogP contribution in [0.15, 0.2) is 28.7 Å². The van der Waals surface area contributed by atoms with Crippen LogP contribution in [-0.2, 0) is 4.79 Å². The van der Waals surface area contributed by atoms with E-state index < -0.39 is 5.97 Å². The highest BCUT2D eigenvalue weighted by atomic mass is 16.4. The van der Waals surface area contributed by atoms with Gasteiger partial charge in [-0.3, -0.25) is 4.79 Å². The van der Waals surface area contributed by atoms with Crippen molar-refractivity contribution in [3.8, 4) is 0 Å². The number of nitrogens with one attached hydrogen (secondary N) is 1. The van der Waals surface area contributed by atoms with Crippen LogP contribution in [0.4, 0.5) is 6.01 Å². The summed E-state index contributed by atoms with van der Waals surface area (Å²) in [4.78, 5) is 15.2. The van der Waals surface area contributed by atoms with Crippen LogP contribution >= 0.6 is 0 Å². The van der Waals surface area contributed by atoms with E-state index in [0.29, 0.717) is 18.9 Å². The first-order chi connectivity index (χ1) is 8.72. The average molecular weight is 246 g/mol. The van der Waals surface area contributed by atoms with Gasteiger partial charge in [0.15, 0.2) is 5.58 Å². The Morgan fingerprint density at radius 1 is 1.39 bits per heavy atom. The quantitative estimate of drug-likeness (QED) is 0.870. The molecule has 0 spiro atoms. The largest absolute Gasteiger partial charge is 0.481 e. The van der Waals surface area contributed by atoms with Gasteiger partial charge in [0.1, 0.15) is 5.52 Å². The number of para-hydroxylation sites is 2. The molecule has 2 aromatic rings. The molecule has 5 nitrogen and oxygen atoms in total. The Morgan fingerprint density at radius 2 is 2.22 bits per heavy atom. The van der Waals surface area contributed by atoms with Gasteiger partial charge in [0.2, 0.25) is 0 Å². The zero-order valence-corrected chi connectivity index (χ0v) is 9.80. The first-order valence-electron chi connectivity index (χ1n) is 6.07. The van der Waals surface area contributed by atoms with E-state index in [9.17, 15) is 4.79 Å². The molecular formula is C13H14N2O3. The Labute approximate surface area is 104 Å². The summed E-state index contributed by atoms with van der Waals surface area (Å²) in [7, 11) is 0. The first-order valence-corrected chi connectivity index (χ1v) is 6.07. The fourth-order valence-electron chi connectivity index (χ4n) is 2.45. The van der Waals surface area contributed by atoms with Crippen molar-refractivity contribution in [1.82, 2.24) is 4.98 Å². The fraction of sp³-hybridized carbons (Fsp3) is 0.385. The van der Waals surface area contributed by atoms with Gasteiger partial charge >= 0.3 is 5.97 Å². The maximum atomic E-state index is 10.9. The van der Waals surface area contributed by atoms with Gasteiger partial charge in [-0.15, -0.1) is 0 Å². The van der Waals surface area contributed by atoms with Gasteiger partial charge in [0.05, 0.1) is 5.92 Å². The van der Waals surface area contributed by atoms with Gasteiger partial charge in [-0.05, 0) is 31.4 Å². The lowest BCUT2D eigenvalue weighted by atomic mass is 10.1. The van der Waals surface area contributed by atoms with E-state index in [4.69, 9.17) is 9.52 Å². The van der Waals surface area contributed by atoms with Gasteiger partial charge < -0.3 is 14.8 Å². The number of carboxylic acids is 1. The van der Waals surface area contributed by atoms with Crippen LogP contribution in [-0.4, -0.2) is 22.1 Å². The SMILES string of the molecule is O=C(O)[C@@H]1CC[C@H](Nc2nc3ccccc3o2)C1. The lowest BCUT2D eigenvalue weighted by molar-refractivity contribution is -0.141. The predicted molar refractivity (Wildman–Crippen MR) is 66.4 cm³/mol. The van der Waals surface area contributed by atoms with Crippen molar-refractivity contribution in [1.29, 1.82) is 0 Å². The topological polar surface area (TPSA) is 75.4 Å². The standard InChI is InChI=1S/C13H14N2O3/c16-12(17)8-5-6-9(7-8)14-13-15-10-3-1-2-4-11(10)18-13/h1-4,8-9H,5-7H2,(H,14,15)(H,16,17)/t8-,9+/m1/s1. The molecule has 3 rings (SSSR count). The Hall–Kier alpha value is -2.04. The lowest BCUT2D eigenvalue weighted by Crippen LogP contribution is -2.17. The number of carboxylic acid groups (broad SMARTS) is 1. The van der Waals surface area contributed by atoms with E-state index >= 15 is 0 Å². The van der Waals surface area contributed by atoms with Crippen molar-refractivity contribution in [3.63, 3.8) is 0 Å². The van der Waals surface area contributed by atoms with E-state index in [1.165, 1.54) is 0 Å². The van der Waals surface area contributed by atoms with Crippen molar-refractivity contribution >= 4 is 23.1 Å². The summed E-state index contributed by atoms with van der Waals surface area (Å²) in [6, 6.07) is 8.17. The van der Waals surface area contributed by atoms with Crippen LogP contribution in [0.1, 0.15) is 19.3 Å². The lowest BCUT2D eigenvalue weighted by Gasteiger charge is -2.09. The third-order valence-corrected chi connectivity index (χ3v) is 3.40. The van der Waals surface area contributed by atoms with Gasteiger partial charge in [0.25, 0.3) is 6.01 Å². The molecular weight excluding hydrogens is 232 g/mol. The minimum Gasteiger partial charge on any atom is -0.481 e. The maximum absolute atomic E-state index is 10.9. The molecule has 1 aliphatic carbocycles. The molecule has 1 saturated carbocycles. The number of aromatic nitrogens is 1. The molecule has 1 aromatic heterocycles. The van der Waals surface area contributed by atoms with Gasteiger partial charge in [0, 0.05) is 6.04 Å². The summed E-state index contributed by atoms with van der Waals surface area (Å²) in [5.41, 5.74) is 1.56. The molecule has 0 aliphatic heterocycles. The average Bonchev–Trinajstić information content (AvgIpc) is 2.94. The fourth-order valence-corrected chi connectivity index (χ4v) is 2.45. The second-order valence-corrected chi connectivity index (χ2v) is 4.68. The van der Waals surface area contributed by atoms with E-state index in [1.807, 2.05) is 24.3 Å². The van der Waals surface area contributed by atoms with Crippen LogP contribution in [0.2, 0.25) is 0 Å². The van der Waals surface area contributed by atoms with Crippen LogP contribution in [0.5, 0.6) is 0 Å². The number of oxazole rings is 1. The van der Waals surface area contributed by atoms with Crippen molar-refractivity contribution in [2.24, 2.45) is 5.92 Å². The third kappa shape index (κ3) is 2.03. The molecule has 2 atom stereocenters. The monoisotopic (exact) mass is 246 g/mol. The second-order valence-electron chi connectivity index (χ2n) is 4.68. The minimum absolute atomic E-state index is 0.138. The number of aliphatic carboxylic acids is 1. The molecule has 0 amide bonds. The number of nitrogens with zero attached hydrogens (tertiary/aromatic N) is 1. The van der Waals surface area contributed by atoms with Crippen molar-refractivity contribution in [2.45, 2.75) is 25.3 Å². The van der Waals surface area contributed by atoms with E-state index in [2.05, 4.69) is 10.3 Å². The van der Waals surface area contributed by atoms with Crippen LogP contribution in [0.3, 0.4) is 0 Å². The normalized spacial score (nSPS) is 23.3. The molecule has 1 aromatic carbocycles. The van der Waals surface area contributed by atoms with Gasteiger partial charge in [-0.1, -0.05) is 12.1 Å². The molecule has 1 fully saturated rings. The van der Waals surface area contributed by atoms with Crippen LogP contribution < -0.4 is 5.32 Å². The zero-order valence-electron chi connectivity index (χ0n) is 9.80. The third-order valence-electron chi connectivity index (χ3n) is 3.40. The number of hydrogen-bond acceptors (Lipinski definition) is 4. The first kappa shape index (κ1) is 11.1. The summed E-state index contributed by atoms with van der Waals surface area (Å²) >= 11 is 0. The van der Waals surface area contributed by atoms with Crippen molar-refractivity contribution in [2.75, 3.05) is 5.32 Å². The molecule has 1 heterocycles. The van der Waals surface area contributed by atoms with E-state index in [1.54, 1.807) is 0 Å². The molecule has 0 radical (unpaired) electrons. The van der Waals surface area contributed by atoms with Gasteiger partial charge in [-0.25, -0.2) is 0 Å². The number of hydrogen-bond donors (Lipinski definition) is 2. The highest BCUT2D eigenvalue weighted by molar-refractivity contribution is 5.74. The zero-order chi connectivity index (χ0) is 12.5. The predicted octanol–water partition coefficient (Wildman–Crippen LogP) is 2.49. The van der Waals surface area contributed by atoms with E-state index in [-0.39, 0.29) is 12.0 Å². The number of fused-ring (bicyclic) bond motifs is 1. The summed E-state index contributed by atoms with van der Waals surface area (Å²) in [5.74, 6) is -0.955. The Morgan fingerprint density at radius 3 is 2.94 bits per heavy atom. The van der Waals surface area contributed by atoms with E-state index in [0.717, 1.165) is 17.5 Å². The summed E-state index contributed by atoms with van der Waals surface area (Å²) in [5, 5.41) is 12.1. The molecule has 0 unspecified atom stereocenters. The maximum Gasteiger partial charge on any atom is 0.306 e. The highest BCUT2D eigenvalue weighted by Gasteiger charge is 2.30. The number of rotatable bonds is 3. The van der Waals surface area contributed by atoms with Gasteiger partial charge in [-0.2, -0.15) is 4.98 Å². The second kappa shape index (κ2) is 4.33. The highest BCUT2D eigenvalue weighted by Crippen LogP contribution is 2.29. The molecule has 1 aliphatic rings. The van der Waals surface area contributed by atoms with Crippen LogP contribution in [0, 0.1) is 5.92 Å². The van der Waals surface area contributed by atoms with Crippen molar-refractivity contribution in [3.05, 3.63) is 24.3 Å². The molecule has 2 N–H and O–H groups in total.